The van der Waals surface area contributed by atoms with Crippen molar-refractivity contribution in [3.63, 3.8) is 0 Å². The summed E-state index contributed by atoms with van der Waals surface area (Å²) >= 11 is 0. The summed E-state index contributed by atoms with van der Waals surface area (Å²) in [6, 6.07) is 8.09. The fraction of sp³-hybridized carbons (Fsp3) is 0.550. The van der Waals surface area contributed by atoms with Crippen LogP contribution in [0.5, 0.6) is 0 Å². The number of hydrogen-bond acceptors (Lipinski definition) is 3. The van der Waals surface area contributed by atoms with E-state index >= 15 is 0 Å². The van der Waals surface area contributed by atoms with E-state index in [1.54, 1.807) is 4.40 Å². The molecule has 2 atom stereocenters. The van der Waals surface area contributed by atoms with Crippen LogP contribution < -0.4 is 5.69 Å². The second-order valence-corrected chi connectivity index (χ2v) is 7.96. The van der Waals surface area contributed by atoms with Gasteiger partial charge in [0.25, 0.3) is 0 Å². The Morgan fingerprint density at radius 1 is 1.11 bits per heavy atom. The molecule has 1 saturated carbocycles. The normalized spacial score (nSPS) is 23.1. The summed E-state index contributed by atoms with van der Waals surface area (Å²) in [5, 5.41) is 4.47. The first-order valence-electron chi connectivity index (χ1n) is 9.97. The average Bonchev–Trinajstić information content (AvgIpc) is 3.17. The van der Waals surface area contributed by atoms with Gasteiger partial charge in [0.1, 0.15) is 6.54 Å². The van der Waals surface area contributed by atoms with Crippen molar-refractivity contribution < 1.29 is 4.79 Å². The summed E-state index contributed by atoms with van der Waals surface area (Å²) in [5.41, 5.74) is 1.54. The number of aromatic nitrogens is 4. The molecule has 2 aromatic heterocycles. The Balaban J connectivity index is 1.48. The topological polar surface area (TPSA) is 64.5 Å². The number of hydrogen-bond donors (Lipinski definition) is 0. The van der Waals surface area contributed by atoms with Crippen molar-refractivity contribution in [2.75, 3.05) is 6.54 Å². The van der Waals surface area contributed by atoms with E-state index in [9.17, 15) is 9.59 Å². The van der Waals surface area contributed by atoms with Crippen LogP contribution in [0.3, 0.4) is 0 Å². The van der Waals surface area contributed by atoms with Gasteiger partial charge in [0.05, 0.1) is 11.0 Å². The van der Waals surface area contributed by atoms with Gasteiger partial charge in [0, 0.05) is 19.6 Å². The zero-order valence-corrected chi connectivity index (χ0v) is 15.7. The molecular formula is C20H25N5O2. The number of aryl methyl sites for hydroxylation is 1. The number of amides is 1. The summed E-state index contributed by atoms with van der Waals surface area (Å²) < 4.78 is 4.83. The number of benzene rings is 1. The lowest BCUT2D eigenvalue weighted by molar-refractivity contribution is -0.138. The Bertz CT molecular complexity index is 1070. The number of imidazole rings is 1. The minimum atomic E-state index is -0.243. The Labute approximate surface area is 157 Å². The first-order valence-corrected chi connectivity index (χ1v) is 9.97. The van der Waals surface area contributed by atoms with E-state index in [4.69, 9.17) is 0 Å². The Kier molecular flexibility index (Phi) is 3.84. The minimum Gasteiger partial charge on any atom is -0.338 e. The van der Waals surface area contributed by atoms with Crippen molar-refractivity contribution in [3.8, 4) is 0 Å². The Morgan fingerprint density at radius 2 is 1.85 bits per heavy atom. The zero-order valence-electron chi connectivity index (χ0n) is 15.7. The van der Waals surface area contributed by atoms with Crippen LogP contribution in [0.4, 0.5) is 0 Å². The molecule has 7 heteroatoms. The van der Waals surface area contributed by atoms with Gasteiger partial charge in [0.2, 0.25) is 11.7 Å². The lowest BCUT2D eigenvalue weighted by Crippen LogP contribution is -2.51. The van der Waals surface area contributed by atoms with Crippen LogP contribution in [0.15, 0.2) is 29.1 Å². The van der Waals surface area contributed by atoms with Gasteiger partial charge in [-0.15, -0.1) is 5.10 Å². The molecule has 2 aliphatic rings. The van der Waals surface area contributed by atoms with Crippen molar-refractivity contribution in [1.82, 2.24) is 23.6 Å². The number of likely N-dealkylation sites (tertiary alicyclic amines) is 1. The highest BCUT2D eigenvalue weighted by molar-refractivity contribution is 5.80. The monoisotopic (exact) mass is 367 g/mol. The number of carbonyl (C=O) groups excluding carboxylic acids is 1. The highest BCUT2D eigenvalue weighted by atomic mass is 16.2. The van der Waals surface area contributed by atoms with E-state index in [0.717, 1.165) is 30.4 Å². The van der Waals surface area contributed by atoms with Gasteiger partial charge < -0.3 is 9.47 Å². The number of para-hydroxylation sites is 2. The van der Waals surface area contributed by atoms with Gasteiger partial charge in [-0.2, -0.15) is 0 Å². The average molecular weight is 367 g/mol. The number of nitrogens with zero attached hydrogens (tertiary/aromatic N) is 5. The Morgan fingerprint density at radius 3 is 2.70 bits per heavy atom. The van der Waals surface area contributed by atoms with Crippen molar-refractivity contribution >= 4 is 22.7 Å². The first kappa shape index (κ1) is 16.6. The summed E-state index contributed by atoms with van der Waals surface area (Å²) in [7, 11) is 1.90. The molecule has 3 heterocycles. The van der Waals surface area contributed by atoms with E-state index in [0.29, 0.717) is 17.7 Å². The van der Waals surface area contributed by atoms with Crippen LogP contribution in [-0.4, -0.2) is 42.1 Å². The number of carbonyl (C=O) groups is 1. The maximum absolute atomic E-state index is 13.0. The molecular weight excluding hydrogens is 342 g/mol. The molecule has 3 aromatic rings. The van der Waals surface area contributed by atoms with E-state index < -0.39 is 0 Å². The lowest BCUT2D eigenvalue weighted by Gasteiger charge is -2.44. The third-order valence-electron chi connectivity index (χ3n) is 6.45. The minimum absolute atomic E-state index is 0.0259. The Hall–Kier alpha value is -2.57. The number of rotatable bonds is 2. The molecule has 5 rings (SSSR count). The molecule has 0 unspecified atom stereocenters. The lowest BCUT2D eigenvalue weighted by atomic mass is 9.78. The molecule has 1 amide bonds. The smallest absolute Gasteiger partial charge is 0.338 e. The van der Waals surface area contributed by atoms with Crippen molar-refractivity contribution in [2.45, 2.75) is 51.1 Å². The second-order valence-electron chi connectivity index (χ2n) is 7.96. The molecule has 1 aliphatic heterocycles. The van der Waals surface area contributed by atoms with E-state index in [2.05, 4.69) is 5.10 Å². The highest BCUT2D eigenvalue weighted by Gasteiger charge is 2.35. The van der Waals surface area contributed by atoms with Crippen LogP contribution in [0.25, 0.3) is 16.8 Å². The van der Waals surface area contributed by atoms with Gasteiger partial charge in [-0.25, -0.2) is 13.9 Å². The standard InChI is InChI=1S/C20H25N5O2/c1-22-16-10-4-5-11-17(16)25-19(22)21-24(20(25)27)13-18(26)23-12-6-8-14-7-2-3-9-15(14)23/h4-5,10-11,14-15H,2-3,6-9,12-13H2,1H3/t14-,15+/m0/s1. The summed E-state index contributed by atoms with van der Waals surface area (Å²) in [6.07, 6.45) is 7.11. The number of fused-ring (bicyclic) bond motifs is 4. The summed E-state index contributed by atoms with van der Waals surface area (Å²) in [5.74, 6) is 1.24. The van der Waals surface area contributed by atoms with Crippen LogP contribution in [0.2, 0.25) is 0 Å². The van der Waals surface area contributed by atoms with Gasteiger partial charge in [-0.05, 0) is 43.7 Å². The first-order chi connectivity index (χ1) is 13.1. The number of piperidine rings is 1. The van der Waals surface area contributed by atoms with Gasteiger partial charge in [0.15, 0.2) is 0 Å². The molecule has 0 radical (unpaired) electrons. The van der Waals surface area contributed by atoms with Gasteiger partial charge >= 0.3 is 5.69 Å². The van der Waals surface area contributed by atoms with Crippen molar-refractivity contribution in [2.24, 2.45) is 13.0 Å². The zero-order chi connectivity index (χ0) is 18.5. The van der Waals surface area contributed by atoms with Crippen LogP contribution in [0, 0.1) is 5.92 Å². The SMILES string of the molecule is Cn1c2ccccc2n2c(=O)n(CC(=O)N3CCC[C@@H]4CCCC[C@H]43)nc12. The van der Waals surface area contributed by atoms with E-state index in [-0.39, 0.29) is 18.1 Å². The third-order valence-corrected chi connectivity index (χ3v) is 6.45. The van der Waals surface area contributed by atoms with E-state index in [1.807, 2.05) is 40.8 Å². The van der Waals surface area contributed by atoms with Gasteiger partial charge in [-0.3, -0.25) is 4.79 Å². The van der Waals surface area contributed by atoms with Crippen LogP contribution >= 0.6 is 0 Å². The maximum Gasteiger partial charge on any atom is 0.352 e. The summed E-state index contributed by atoms with van der Waals surface area (Å²) in [6.45, 7) is 0.836. The third kappa shape index (κ3) is 2.51. The molecule has 0 spiro atoms. The molecule has 7 nitrogen and oxygen atoms in total. The quantitative estimate of drug-likeness (QED) is 0.697. The summed E-state index contributed by atoms with van der Waals surface area (Å²) in [4.78, 5) is 28.0. The molecule has 0 N–H and O–H groups in total. The second kappa shape index (κ2) is 6.25. The van der Waals surface area contributed by atoms with Crippen molar-refractivity contribution in [1.29, 1.82) is 0 Å². The van der Waals surface area contributed by atoms with Crippen molar-refractivity contribution in [3.05, 3.63) is 34.7 Å². The molecule has 1 saturated heterocycles. The molecule has 0 bridgehead atoms. The van der Waals surface area contributed by atoms with Crippen LogP contribution in [0.1, 0.15) is 38.5 Å². The molecule has 2 fully saturated rings. The van der Waals surface area contributed by atoms with E-state index in [1.165, 1.54) is 30.4 Å². The largest absolute Gasteiger partial charge is 0.352 e. The fourth-order valence-corrected chi connectivity index (χ4v) is 5.13. The van der Waals surface area contributed by atoms with Gasteiger partial charge in [-0.1, -0.05) is 25.0 Å². The molecule has 142 valence electrons. The highest BCUT2D eigenvalue weighted by Crippen LogP contribution is 2.35. The fourth-order valence-electron chi connectivity index (χ4n) is 5.13. The van der Waals surface area contributed by atoms with Crippen LogP contribution in [-0.2, 0) is 18.4 Å². The molecule has 27 heavy (non-hydrogen) atoms. The molecule has 1 aromatic carbocycles. The molecule has 1 aliphatic carbocycles. The predicted molar refractivity (Wildman–Crippen MR) is 103 cm³/mol. The maximum atomic E-state index is 13.0. The predicted octanol–water partition coefficient (Wildman–Crippen LogP) is 2.17.